The molecule has 1 aromatic rings. The van der Waals surface area contributed by atoms with Crippen LogP contribution in [-0.2, 0) is 4.79 Å². The van der Waals surface area contributed by atoms with E-state index in [1.807, 2.05) is 6.92 Å². The van der Waals surface area contributed by atoms with Gasteiger partial charge in [0.2, 0.25) is 11.8 Å². The fourth-order valence-corrected chi connectivity index (χ4v) is 2.35. The summed E-state index contributed by atoms with van der Waals surface area (Å²) in [5.74, 6) is 0.306. The van der Waals surface area contributed by atoms with Crippen molar-refractivity contribution in [3.05, 3.63) is 11.8 Å². The summed E-state index contributed by atoms with van der Waals surface area (Å²) in [4.78, 5) is 16.3. The Morgan fingerprint density at radius 2 is 2.15 bits per heavy atom. The number of rotatable bonds is 5. The van der Waals surface area contributed by atoms with Crippen molar-refractivity contribution >= 4 is 11.8 Å². The first-order chi connectivity index (χ1) is 9.67. The van der Waals surface area contributed by atoms with Gasteiger partial charge in [-0.15, -0.1) is 0 Å². The summed E-state index contributed by atoms with van der Waals surface area (Å²) in [7, 11) is 0. The maximum Gasteiger partial charge on any atom is 0.240 e. The molecule has 0 atom stereocenters. The summed E-state index contributed by atoms with van der Waals surface area (Å²) in [6, 6.07) is 1.70. The second-order valence-corrected chi connectivity index (χ2v) is 5.08. The minimum Gasteiger partial charge on any atom is -0.395 e. The SMILES string of the molecule is Cc1cc(NC(=O)CN2CCCN(CCO)CC2)on1. The first kappa shape index (κ1) is 15.0. The molecule has 0 spiro atoms. The highest BCUT2D eigenvalue weighted by Crippen LogP contribution is 2.08. The van der Waals surface area contributed by atoms with Crippen LogP contribution in [0.3, 0.4) is 0 Å². The van der Waals surface area contributed by atoms with E-state index in [-0.39, 0.29) is 12.5 Å². The zero-order valence-electron chi connectivity index (χ0n) is 11.8. The van der Waals surface area contributed by atoms with Crippen LogP contribution in [0.15, 0.2) is 10.6 Å². The zero-order chi connectivity index (χ0) is 14.4. The quantitative estimate of drug-likeness (QED) is 0.786. The second-order valence-electron chi connectivity index (χ2n) is 5.08. The predicted octanol–water partition coefficient (Wildman–Crippen LogP) is -0.0785. The van der Waals surface area contributed by atoms with E-state index in [1.54, 1.807) is 6.07 Å². The fourth-order valence-electron chi connectivity index (χ4n) is 2.35. The molecule has 1 aromatic heterocycles. The topological polar surface area (TPSA) is 81.8 Å². The summed E-state index contributed by atoms with van der Waals surface area (Å²) < 4.78 is 4.96. The van der Waals surface area contributed by atoms with Crippen LogP contribution in [0.2, 0.25) is 0 Å². The number of hydrogen-bond donors (Lipinski definition) is 2. The molecule has 112 valence electrons. The average Bonchev–Trinajstić information content (AvgIpc) is 2.67. The van der Waals surface area contributed by atoms with E-state index in [4.69, 9.17) is 9.63 Å². The highest BCUT2D eigenvalue weighted by molar-refractivity contribution is 5.90. The van der Waals surface area contributed by atoms with Gasteiger partial charge in [0.25, 0.3) is 0 Å². The van der Waals surface area contributed by atoms with Crippen LogP contribution >= 0.6 is 0 Å². The van der Waals surface area contributed by atoms with E-state index in [1.165, 1.54) is 0 Å². The molecule has 2 rings (SSSR count). The molecule has 1 aliphatic heterocycles. The lowest BCUT2D eigenvalue weighted by molar-refractivity contribution is -0.117. The molecule has 7 nitrogen and oxygen atoms in total. The Kier molecular flexibility index (Phi) is 5.51. The molecule has 1 amide bonds. The van der Waals surface area contributed by atoms with Gasteiger partial charge >= 0.3 is 0 Å². The van der Waals surface area contributed by atoms with Crippen LogP contribution in [0.1, 0.15) is 12.1 Å². The number of aromatic nitrogens is 1. The summed E-state index contributed by atoms with van der Waals surface area (Å²) in [5.41, 5.74) is 0.745. The molecule has 20 heavy (non-hydrogen) atoms. The van der Waals surface area contributed by atoms with E-state index in [2.05, 4.69) is 20.3 Å². The Hall–Kier alpha value is -1.44. The molecule has 2 heterocycles. The van der Waals surface area contributed by atoms with Crippen LogP contribution < -0.4 is 5.32 Å². The number of anilines is 1. The summed E-state index contributed by atoms with van der Waals surface area (Å²) in [6.45, 7) is 6.64. The van der Waals surface area contributed by atoms with Gasteiger partial charge in [0.15, 0.2) is 0 Å². The minimum absolute atomic E-state index is 0.0863. The highest BCUT2D eigenvalue weighted by atomic mass is 16.5. The third-order valence-corrected chi connectivity index (χ3v) is 3.36. The average molecular weight is 282 g/mol. The van der Waals surface area contributed by atoms with Gasteiger partial charge in [0, 0.05) is 25.7 Å². The number of nitrogens with one attached hydrogen (secondary N) is 1. The molecule has 0 radical (unpaired) electrons. The smallest absolute Gasteiger partial charge is 0.240 e. The number of hydrogen-bond acceptors (Lipinski definition) is 6. The zero-order valence-corrected chi connectivity index (χ0v) is 11.8. The van der Waals surface area contributed by atoms with Crippen molar-refractivity contribution < 1.29 is 14.4 Å². The summed E-state index contributed by atoms with van der Waals surface area (Å²) in [5, 5.41) is 15.4. The maximum atomic E-state index is 11.9. The Morgan fingerprint density at radius 3 is 2.85 bits per heavy atom. The lowest BCUT2D eigenvalue weighted by Gasteiger charge is -2.20. The number of aryl methyl sites for hydroxylation is 1. The van der Waals surface area contributed by atoms with Crippen molar-refractivity contribution in [2.75, 3.05) is 51.2 Å². The molecule has 0 aliphatic carbocycles. The van der Waals surface area contributed by atoms with Crippen molar-refractivity contribution in [3.63, 3.8) is 0 Å². The minimum atomic E-state index is -0.0863. The van der Waals surface area contributed by atoms with E-state index < -0.39 is 0 Å². The molecule has 1 aliphatic rings. The van der Waals surface area contributed by atoms with Gasteiger partial charge in [-0.2, -0.15) is 0 Å². The maximum absolute atomic E-state index is 11.9. The first-order valence-corrected chi connectivity index (χ1v) is 6.96. The predicted molar refractivity (Wildman–Crippen MR) is 74.5 cm³/mol. The van der Waals surface area contributed by atoms with Gasteiger partial charge in [0.05, 0.1) is 18.8 Å². The molecule has 0 unspecified atom stereocenters. The molecule has 7 heteroatoms. The molecule has 2 N–H and O–H groups in total. The standard InChI is InChI=1S/C13H22N4O3/c1-11-9-13(20-15-11)14-12(19)10-17-4-2-3-16(5-6-17)7-8-18/h9,18H,2-8,10H2,1H3,(H,14,19). The largest absolute Gasteiger partial charge is 0.395 e. The summed E-state index contributed by atoms with van der Waals surface area (Å²) in [6.07, 6.45) is 1.01. The number of β-amino-alcohol motifs (C(OH)–C–C–N with tert-alkyl or cyclic N) is 1. The lowest BCUT2D eigenvalue weighted by Crippen LogP contribution is -2.36. The fraction of sp³-hybridized carbons (Fsp3) is 0.692. The number of amides is 1. The number of aliphatic hydroxyl groups is 1. The van der Waals surface area contributed by atoms with Gasteiger partial charge in [-0.05, 0) is 26.4 Å². The van der Waals surface area contributed by atoms with E-state index >= 15 is 0 Å². The molecule has 0 saturated carbocycles. The first-order valence-electron chi connectivity index (χ1n) is 6.96. The van der Waals surface area contributed by atoms with Crippen LogP contribution in [0.4, 0.5) is 5.88 Å². The van der Waals surface area contributed by atoms with Crippen molar-refractivity contribution in [1.82, 2.24) is 15.0 Å². The number of aliphatic hydroxyl groups excluding tert-OH is 1. The van der Waals surface area contributed by atoms with Crippen LogP contribution in [0.5, 0.6) is 0 Å². The Bertz CT molecular complexity index is 435. The molecular formula is C13H22N4O3. The van der Waals surface area contributed by atoms with Gasteiger partial charge in [0.1, 0.15) is 0 Å². The van der Waals surface area contributed by atoms with Crippen LogP contribution in [-0.4, -0.2) is 71.8 Å². The van der Waals surface area contributed by atoms with Crippen molar-refractivity contribution in [1.29, 1.82) is 0 Å². The Balaban J connectivity index is 1.76. The highest BCUT2D eigenvalue weighted by Gasteiger charge is 2.17. The second kappa shape index (κ2) is 7.37. The molecule has 0 aromatic carbocycles. The van der Waals surface area contributed by atoms with E-state index in [9.17, 15) is 4.79 Å². The normalized spacial score (nSPS) is 17.9. The van der Waals surface area contributed by atoms with Crippen molar-refractivity contribution in [2.45, 2.75) is 13.3 Å². The van der Waals surface area contributed by atoms with Crippen molar-refractivity contribution in [3.8, 4) is 0 Å². The van der Waals surface area contributed by atoms with E-state index in [0.717, 1.165) is 38.3 Å². The Morgan fingerprint density at radius 1 is 1.40 bits per heavy atom. The third-order valence-electron chi connectivity index (χ3n) is 3.36. The van der Waals surface area contributed by atoms with Crippen molar-refractivity contribution in [2.24, 2.45) is 0 Å². The Labute approximate surface area is 118 Å². The molecule has 1 fully saturated rings. The van der Waals surface area contributed by atoms with Gasteiger partial charge in [-0.1, -0.05) is 5.16 Å². The molecule has 0 bridgehead atoms. The lowest BCUT2D eigenvalue weighted by atomic mass is 10.3. The van der Waals surface area contributed by atoms with E-state index in [0.29, 0.717) is 19.0 Å². The van der Waals surface area contributed by atoms with Crippen LogP contribution in [0.25, 0.3) is 0 Å². The number of carbonyl (C=O) groups is 1. The van der Waals surface area contributed by atoms with Crippen LogP contribution in [0, 0.1) is 6.92 Å². The third kappa shape index (κ3) is 4.59. The van der Waals surface area contributed by atoms with Gasteiger partial charge in [-0.25, -0.2) is 0 Å². The van der Waals surface area contributed by atoms with Gasteiger partial charge in [-0.3, -0.25) is 19.9 Å². The number of nitrogens with zero attached hydrogens (tertiary/aromatic N) is 3. The van der Waals surface area contributed by atoms with Gasteiger partial charge < -0.3 is 9.63 Å². The summed E-state index contributed by atoms with van der Waals surface area (Å²) >= 11 is 0. The molecular weight excluding hydrogens is 260 g/mol. The monoisotopic (exact) mass is 282 g/mol. The molecule has 1 saturated heterocycles. The number of carbonyl (C=O) groups excluding carboxylic acids is 1.